The molecule has 0 aliphatic heterocycles. The third kappa shape index (κ3) is 4.55. The monoisotopic (exact) mass is 613 g/mol. The normalized spacial score (nSPS) is 46.6. The van der Waals surface area contributed by atoms with Gasteiger partial charge in [-0.15, -0.1) is 0 Å². The summed E-state index contributed by atoms with van der Waals surface area (Å²) in [4.78, 5) is 38.6. The second kappa shape index (κ2) is 11.0. The SMILES string of the molecule is CCCC(=O)O[C@@H]1CC[C@@]2(C)C(CC[C@]3(C)C2CCC2C4C(C)(C(C)C)CC[C@]4(C(=O)N[C@@H](C)C(=O)O)CC[C@]23C)C1(C)C. The van der Waals surface area contributed by atoms with Crippen LogP contribution in [0.3, 0.4) is 0 Å². The summed E-state index contributed by atoms with van der Waals surface area (Å²) in [7, 11) is 0. The molecule has 5 saturated carbocycles. The van der Waals surface area contributed by atoms with Crippen LogP contribution >= 0.6 is 0 Å². The van der Waals surface area contributed by atoms with Gasteiger partial charge in [-0.05, 0) is 129 Å². The average Bonchev–Trinajstić information content (AvgIpc) is 3.26. The highest BCUT2D eigenvalue weighted by Gasteiger charge is 2.73. The Hall–Kier alpha value is -1.59. The molecule has 0 aromatic rings. The van der Waals surface area contributed by atoms with Crippen LogP contribution in [0.5, 0.6) is 0 Å². The summed E-state index contributed by atoms with van der Waals surface area (Å²) >= 11 is 0. The number of ether oxygens (including phenoxy) is 1. The molecule has 0 bridgehead atoms. The maximum absolute atomic E-state index is 14.2. The zero-order chi connectivity index (χ0) is 32.7. The first-order chi connectivity index (χ1) is 20.3. The van der Waals surface area contributed by atoms with E-state index in [1.807, 2.05) is 6.92 Å². The predicted molar refractivity (Wildman–Crippen MR) is 174 cm³/mol. The number of aliphatic carboxylic acids is 1. The summed E-state index contributed by atoms with van der Waals surface area (Å²) in [6.07, 6.45) is 11.8. The number of esters is 1. The molecule has 2 N–H and O–H groups in total. The number of rotatable bonds is 7. The van der Waals surface area contributed by atoms with Crippen molar-refractivity contribution in [2.75, 3.05) is 0 Å². The number of nitrogens with one attached hydrogen (secondary N) is 1. The number of fused-ring (bicyclic) bond motifs is 7. The van der Waals surface area contributed by atoms with Crippen LogP contribution < -0.4 is 5.32 Å². The number of carboxylic acid groups (broad SMARTS) is 1. The lowest BCUT2D eigenvalue weighted by atomic mass is 9.31. The summed E-state index contributed by atoms with van der Waals surface area (Å²) in [6, 6.07) is -0.875. The second-order valence-electron chi connectivity index (χ2n) is 18.1. The fourth-order valence-corrected chi connectivity index (χ4v) is 13.0. The Morgan fingerprint density at radius 1 is 0.818 bits per heavy atom. The van der Waals surface area contributed by atoms with E-state index >= 15 is 0 Å². The zero-order valence-electron chi connectivity index (χ0n) is 29.6. The summed E-state index contributed by atoms with van der Waals surface area (Å²) in [5.74, 6) is 1.24. The standard InChI is InChI=1S/C38H63NO5/c1-11-12-29(40)44-28-16-17-35(8)26(33(28,5)6)15-18-37(10)27(35)14-13-25-30-34(7,23(2)3)19-21-38(30,22-20-36(25,37)9)32(43)39-24(4)31(41)42/h23-28,30H,11-22H2,1-10H3,(H,39,43)(H,41,42)/t24-,25?,26?,27?,28+,30?,34?,35-,36+,37+,38-/m0/s1. The minimum absolute atomic E-state index is 0.00976. The molecule has 6 heteroatoms. The van der Waals surface area contributed by atoms with Gasteiger partial charge in [0, 0.05) is 11.8 Å². The molecule has 0 heterocycles. The van der Waals surface area contributed by atoms with E-state index < -0.39 is 17.4 Å². The second-order valence-corrected chi connectivity index (χ2v) is 18.1. The van der Waals surface area contributed by atoms with Crippen molar-refractivity contribution >= 4 is 17.8 Å². The molecule has 0 aromatic heterocycles. The largest absolute Gasteiger partial charge is 0.480 e. The Morgan fingerprint density at radius 3 is 2.09 bits per heavy atom. The van der Waals surface area contributed by atoms with Crippen molar-refractivity contribution in [3.8, 4) is 0 Å². The third-order valence-electron chi connectivity index (χ3n) is 16.0. The number of amides is 1. The van der Waals surface area contributed by atoms with Crippen molar-refractivity contribution in [2.45, 2.75) is 158 Å². The molecule has 0 saturated heterocycles. The maximum Gasteiger partial charge on any atom is 0.325 e. The molecule has 5 fully saturated rings. The van der Waals surface area contributed by atoms with Gasteiger partial charge in [-0.25, -0.2) is 0 Å². The number of carbonyl (C=O) groups is 3. The lowest BCUT2D eigenvalue weighted by Gasteiger charge is -2.73. The molecule has 250 valence electrons. The molecule has 0 spiro atoms. The van der Waals surface area contributed by atoms with Gasteiger partial charge in [0.25, 0.3) is 0 Å². The number of carbonyl (C=O) groups excluding carboxylic acids is 2. The van der Waals surface area contributed by atoms with Crippen LogP contribution in [0.15, 0.2) is 0 Å². The Balaban J connectivity index is 1.49. The van der Waals surface area contributed by atoms with E-state index in [2.05, 4.69) is 60.7 Å². The Bertz CT molecular complexity index is 1160. The molecule has 5 unspecified atom stereocenters. The highest BCUT2D eigenvalue weighted by molar-refractivity contribution is 5.88. The van der Waals surface area contributed by atoms with Crippen LogP contribution in [0.4, 0.5) is 0 Å². The van der Waals surface area contributed by atoms with Crippen molar-refractivity contribution in [3.63, 3.8) is 0 Å². The minimum Gasteiger partial charge on any atom is -0.480 e. The van der Waals surface area contributed by atoms with Gasteiger partial charge in [-0.3, -0.25) is 14.4 Å². The summed E-state index contributed by atoms with van der Waals surface area (Å²) in [5.41, 5.74) is -0.0233. The van der Waals surface area contributed by atoms with Crippen LogP contribution in [0.1, 0.15) is 146 Å². The van der Waals surface area contributed by atoms with Crippen LogP contribution in [0.2, 0.25) is 0 Å². The molecule has 0 aromatic carbocycles. The molecule has 5 aliphatic carbocycles. The van der Waals surface area contributed by atoms with Gasteiger partial charge < -0.3 is 15.2 Å². The van der Waals surface area contributed by atoms with E-state index in [1.54, 1.807) is 6.92 Å². The Kier molecular flexibility index (Phi) is 8.44. The third-order valence-corrected chi connectivity index (χ3v) is 16.0. The van der Waals surface area contributed by atoms with E-state index in [0.29, 0.717) is 30.1 Å². The summed E-state index contributed by atoms with van der Waals surface area (Å²) < 4.78 is 6.16. The average molecular weight is 614 g/mol. The smallest absolute Gasteiger partial charge is 0.325 e. The van der Waals surface area contributed by atoms with Crippen LogP contribution in [-0.4, -0.2) is 35.1 Å². The lowest BCUT2D eigenvalue weighted by Crippen LogP contribution is -2.68. The molecule has 11 atom stereocenters. The van der Waals surface area contributed by atoms with Crippen LogP contribution in [-0.2, 0) is 19.1 Å². The highest BCUT2D eigenvalue weighted by Crippen LogP contribution is 2.79. The predicted octanol–water partition coefficient (Wildman–Crippen LogP) is 8.42. The summed E-state index contributed by atoms with van der Waals surface area (Å²) in [6.45, 7) is 23.3. The van der Waals surface area contributed by atoms with E-state index in [4.69, 9.17) is 4.74 Å². The molecule has 0 radical (unpaired) electrons. The Labute approximate surface area is 267 Å². The zero-order valence-corrected chi connectivity index (χ0v) is 29.6. The first-order valence-corrected chi connectivity index (χ1v) is 18.1. The van der Waals surface area contributed by atoms with Gasteiger partial charge in [0.15, 0.2) is 0 Å². The highest BCUT2D eigenvalue weighted by atomic mass is 16.5. The van der Waals surface area contributed by atoms with Gasteiger partial charge in [0.2, 0.25) is 5.91 Å². The minimum atomic E-state index is -0.965. The van der Waals surface area contributed by atoms with E-state index in [0.717, 1.165) is 57.8 Å². The molecule has 5 aliphatic rings. The van der Waals surface area contributed by atoms with Crippen molar-refractivity contribution in [1.29, 1.82) is 0 Å². The van der Waals surface area contributed by atoms with E-state index in [1.165, 1.54) is 12.8 Å². The van der Waals surface area contributed by atoms with Crippen LogP contribution in [0.25, 0.3) is 0 Å². The van der Waals surface area contributed by atoms with Crippen molar-refractivity contribution in [2.24, 2.45) is 62.1 Å². The molecule has 6 nitrogen and oxygen atoms in total. The lowest BCUT2D eigenvalue weighted by molar-refractivity contribution is -0.254. The van der Waals surface area contributed by atoms with Gasteiger partial charge in [-0.1, -0.05) is 62.3 Å². The summed E-state index contributed by atoms with van der Waals surface area (Å²) in [5, 5.41) is 12.6. The Morgan fingerprint density at radius 2 is 1.48 bits per heavy atom. The van der Waals surface area contributed by atoms with Crippen molar-refractivity contribution in [3.05, 3.63) is 0 Å². The topological polar surface area (TPSA) is 92.7 Å². The van der Waals surface area contributed by atoms with Gasteiger partial charge in [-0.2, -0.15) is 0 Å². The number of carboxylic acids is 1. The van der Waals surface area contributed by atoms with E-state index in [-0.39, 0.29) is 51.0 Å². The molecule has 5 rings (SSSR count). The number of hydrogen-bond donors (Lipinski definition) is 2. The first kappa shape index (κ1) is 33.8. The van der Waals surface area contributed by atoms with Gasteiger partial charge >= 0.3 is 11.9 Å². The fourth-order valence-electron chi connectivity index (χ4n) is 13.0. The molecule has 1 amide bonds. The molecular formula is C38H63NO5. The van der Waals surface area contributed by atoms with Crippen molar-refractivity contribution < 1.29 is 24.2 Å². The van der Waals surface area contributed by atoms with Gasteiger partial charge in [0.05, 0.1) is 5.41 Å². The molecular weight excluding hydrogens is 550 g/mol. The van der Waals surface area contributed by atoms with Gasteiger partial charge in [0.1, 0.15) is 12.1 Å². The molecule has 44 heavy (non-hydrogen) atoms. The fraction of sp³-hybridized carbons (Fsp3) is 0.921. The van der Waals surface area contributed by atoms with E-state index in [9.17, 15) is 19.5 Å². The van der Waals surface area contributed by atoms with Crippen molar-refractivity contribution in [1.82, 2.24) is 5.32 Å². The quantitative estimate of drug-likeness (QED) is 0.281. The first-order valence-electron chi connectivity index (χ1n) is 18.1. The van der Waals surface area contributed by atoms with Crippen LogP contribution in [0, 0.1) is 62.1 Å². The number of hydrogen-bond acceptors (Lipinski definition) is 4. The maximum atomic E-state index is 14.2.